The van der Waals surface area contributed by atoms with Gasteiger partial charge in [-0.25, -0.2) is 9.97 Å². The van der Waals surface area contributed by atoms with Gasteiger partial charge in [-0.2, -0.15) is 5.10 Å². The molecule has 6 nitrogen and oxygen atoms in total. The van der Waals surface area contributed by atoms with Gasteiger partial charge in [-0.3, -0.25) is 5.10 Å². The van der Waals surface area contributed by atoms with E-state index in [0.717, 1.165) is 15.4 Å². The van der Waals surface area contributed by atoms with Gasteiger partial charge in [-0.1, -0.05) is 12.8 Å². The van der Waals surface area contributed by atoms with E-state index in [0.29, 0.717) is 35.4 Å². The third kappa shape index (κ3) is 3.34. The van der Waals surface area contributed by atoms with Crippen molar-refractivity contribution in [1.29, 1.82) is 0 Å². The molecule has 3 aromatic rings. The molecule has 0 radical (unpaired) electrons. The molecule has 0 spiro atoms. The van der Waals surface area contributed by atoms with Gasteiger partial charge in [0, 0.05) is 28.8 Å². The molecule has 1 aliphatic rings. The zero-order chi connectivity index (χ0) is 18.1. The van der Waals surface area contributed by atoms with Crippen molar-refractivity contribution in [2.24, 2.45) is 0 Å². The minimum Gasteiger partial charge on any atom is -0.388 e. The number of hydrogen-bond donors (Lipinski definition) is 3. The second kappa shape index (κ2) is 6.90. The van der Waals surface area contributed by atoms with Crippen LogP contribution in [0.25, 0.3) is 10.7 Å². The molecule has 3 heterocycles. The van der Waals surface area contributed by atoms with Gasteiger partial charge in [0.05, 0.1) is 16.5 Å². The van der Waals surface area contributed by atoms with Crippen LogP contribution in [0.1, 0.15) is 54.3 Å². The quantitative estimate of drug-likeness (QED) is 0.575. The summed E-state index contributed by atoms with van der Waals surface area (Å²) < 4.78 is 0. The molecule has 4 rings (SSSR count). The minimum atomic E-state index is -0.457. The van der Waals surface area contributed by atoms with E-state index in [2.05, 4.69) is 31.4 Å². The fraction of sp³-hybridized carbons (Fsp3) is 0.316. The van der Waals surface area contributed by atoms with E-state index in [-0.39, 0.29) is 0 Å². The zero-order valence-electron chi connectivity index (χ0n) is 14.4. The standard InChI is InChI=1S/C19H19N5OS/c1-3-11-10-20-19(16-8-7-15(26-16)14(25)4-2)22-18(11)21-17-9-13(23-24-17)12-5-6-12/h1,7-10,12,14,25H,4-6H2,2H3,(H2,20,21,22,23,24). The van der Waals surface area contributed by atoms with Gasteiger partial charge in [-0.15, -0.1) is 17.8 Å². The van der Waals surface area contributed by atoms with Crippen molar-refractivity contribution in [3.63, 3.8) is 0 Å². The number of nitrogens with zero attached hydrogens (tertiary/aromatic N) is 3. The van der Waals surface area contributed by atoms with Crippen molar-refractivity contribution in [2.45, 2.75) is 38.2 Å². The van der Waals surface area contributed by atoms with Crippen LogP contribution in [0.2, 0.25) is 0 Å². The van der Waals surface area contributed by atoms with Crippen LogP contribution in [0, 0.1) is 12.3 Å². The summed E-state index contributed by atoms with van der Waals surface area (Å²) in [6, 6.07) is 5.84. The number of thiophene rings is 1. The summed E-state index contributed by atoms with van der Waals surface area (Å²) in [4.78, 5) is 10.8. The van der Waals surface area contributed by atoms with Gasteiger partial charge in [-0.05, 0) is 31.4 Å². The van der Waals surface area contributed by atoms with Crippen molar-refractivity contribution < 1.29 is 5.11 Å². The summed E-state index contributed by atoms with van der Waals surface area (Å²) in [6.45, 7) is 1.95. The first kappa shape index (κ1) is 16.8. The number of H-pyrrole nitrogens is 1. The monoisotopic (exact) mass is 365 g/mol. The maximum absolute atomic E-state index is 9.99. The molecular formula is C19H19N5OS. The third-order valence-electron chi connectivity index (χ3n) is 4.37. The average molecular weight is 365 g/mol. The predicted molar refractivity (Wildman–Crippen MR) is 102 cm³/mol. The number of rotatable bonds is 6. The van der Waals surface area contributed by atoms with Gasteiger partial charge in [0.15, 0.2) is 17.5 Å². The molecule has 0 aliphatic heterocycles. The highest BCUT2D eigenvalue weighted by atomic mass is 32.1. The highest BCUT2D eigenvalue weighted by Gasteiger charge is 2.25. The van der Waals surface area contributed by atoms with Crippen LogP contribution in [-0.4, -0.2) is 25.3 Å². The molecule has 0 bridgehead atoms. The third-order valence-corrected chi connectivity index (χ3v) is 5.55. The number of aliphatic hydroxyl groups is 1. The van der Waals surface area contributed by atoms with Crippen molar-refractivity contribution in [1.82, 2.24) is 20.2 Å². The fourth-order valence-electron chi connectivity index (χ4n) is 2.68. The molecule has 0 aromatic carbocycles. The lowest BCUT2D eigenvalue weighted by Crippen LogP contribution is -2.00. The summed E-state index contributed by atoms with van der Waals surface area (Å²) in [6.07, 6.45) is 9.85. The summed E-state index contributed by atoms with van der Waals surface area (Å²) in [5.41, 5.74) is 1.72. The van der Waals surface area contributed by atoms with E-state index in [1.54, 1.807) is 6.20 Å². The van der Waals surface area contributed by atoms with E-state index in [1.165, 1.54) is 24.2 Å². The largest absolute Gasteiger partial charge is 0.388 e. The number of aromatic amines is 1. The SMILES string of the molecule is C#Cc1cnc(-c2ccc(C(O)CC)s2)nc1Nc1cc(C2CC2)[nH]n1. The Kier molecular flexibility index (Phi) is 4.45. The van der Waals surface area contributed by atoms with Crippen molar-refractivity contribution in [2.75, 3.05) is 5.32 Å². The maximum Gasteiger partial charge on any atom is 0.171 e. The van der Waals surface area contributed by atoms with E-state index < -0.39 is 6.10 Å². The van der Waals surface area contributed by atoms with Crippen molar-refractivity contribution in [3.05, 3.63) is 40.5 Å². The van der Waals surface area contributed by atoms with Crippen LogP contribution in [0.15, 0.2) is 24.4 Å². The Morgan fingerprint density at radius 3 is 3.04 bits per heavy atom. The van der Waals surface area contributed by atoms with E-state index in [1.807, 2.05) is 25.1 Å². The Balaban J connectivity index is 1.62. The van der Waals surface area contributed by atoms with Crippen LogP contribution in [0.4, 0.5) is 11.6 Å². The number of anilines is 2. The summed E-state index contributed by atoms with van der Waals surface area (Å²) >= 11 is 1.49. The Labute approximate surface area is 155 Å². The molecule has 0 saturated heterocycles. The van der Waals surface area contributed by atoms with E-state index in [9.17, 15) is 5.11 Å². The van der Waals surface area contributed by atoms with Crippen LogP contribution in [-0.2, 0) is 0 Å². The molecular weight excluding hydrogens is 346 g/mol. The van der Waals surface area contributed by atoms with Gasteiger partial charge in [0.2, 0.25) is 0 Å². The van der Waals surface area contributed by atoms with Crippen LogP contribution < -0.4 is 5.32 Å². The van der Waals surface area contributed by atoms with Crippen LogP contribution in [0.3, 0.4) is 0 Å². The first-order valence-corrected chi connectivity index (χ1v) is 9.43. The second-order valence-corrected chi connectivity index (χ2v) is 7.45. The molecule has 3 aromatic heterocycles. The average Bonchev–Trinajstić information content (AvgIpc) is 3.21. The van der Waals surface area contributed by atoms with E-state index in [4.69, 9.17) is 6.42 Å². The number of hydrogen-bond acceptors (Lipinski definition) is 6. The molecule has 3 N–H and O–H groups in total. The zero-order valence-corrected chi connectivity index (χ0v) is 15.2. The smallest absolute Gasteiger partial charge is 0.171 e. The number of terminal acetylenes is 1. The minimum absolute atomic E-state index is 0.457. The molecule has 0 amide bonds. The molecule has 1 unspecified atom stereocenters. The lowest BCUT2D eigenvalue weighted by Gasteiger charge is -2.06. The normalized spacial score (nSPS) is 14.8. The summed E-state index contributed by atoms with van der Waals surface area (Å²) in [7, 11) is 0. The number of aliphatic hydroxyl groups excluding tert-OH is 1. The predicted octanol–water partition coefficient (Wildman–Crippen LogP) is 3.97. The molecule has 132 valence electrons. The Morgan fingerprint density at radius 2 is 2.31 bits per heavy atom. The number of nitrogens with one attached hydrogen (secondary N) is 2. The molecule has 26 heavy (non-hydrogen) atoms. The molecule has 1 aliphatic carbocycles. The second-order valence-electron chi connectivity index (χ2n) is 6.33. The van der Waals surface area contributed by atoms with Crippen molar-refractivity contribution >= 4 is 23.0 Å². The first-order valence-electron chi connectivity index (χ1n) is 8.62. The molecule has 1 atom stereocenters. The summed E-state index contributed by atoms with van der Waals surface area (Å²) in [5, 5.41) is 20.5. The van der Waals surface area contributed by atoms with Gasteiger partial charge < -0.3 is 10.4 Å². The topological polar surface area (TPSA) is 86.7 Å². The number of aromatic nitrogens is 4. The van der Waals surface area contributed by atoms with Gasteiger partial charge in [0.1, 0.15) is 0 Å². The molecule has 7 heteroatoms. The maximum atomic E-state index is 9.99. The summed E-state index contributed by atoms with van der Waals surface area (Å²) in [5.74, 6) is 5.03. The van der Waals surface area contributed by atoms with E-state index >= 15 is 0 Å². The highest BCUT2D eigenvalue weighted by molar-refractivity contribution is 7.15. The van der Waals surface area contributed by atoms with Crippen LogP contribution >= 0.6 is 11.3 Å². The van der Waals surface area contributed by atoms with Crippen molar-refractivity contribution in [3.8, 4) is 23.0 Å². The Bertz CT molecular complexity index is 966. The fourth-order valence-corrected chi connectivity index (χ4v) is 3.70. The Morgan fingerprint density at radius 1 is 1.46 bits per heavy atom. The lowest BCUT2D eigenvalue weighted by atomic mass is 10.2. The molecule has 1 fully saturated rings. The van der Waals surface area contributed by atoms with Gasteiger partial charge in [0.25, 0.3) is 0 Å². The first-order chi connectivity index (χ1) is 12.7. The highest BCUT2D eigenvalue weighted by Crippen LogP contribution is 2.39. The van der Waals surface area contributed by atoms with Gasteiger partial charge >= 0.3 is 0 Å². The Hall–Kier alpha value is -2.69. The lowest BCUT2D eigenvalue weighted by molar-refractivity contribution is 0.177. The van der Waals surface area contributed by atoms with Crippen LogP contribution in [0.5, 0.6) is 0 Å². The molecule has 1 saturated carbocycles.